The summed E-state index contributed by atoms with van der Waals surface area (Å²) in [4.78, 5) is 16.5. The number of nitrogens with one attached hydrogen (secondary N) is 1. The number of halogens is 1. The quantitative estimate of drug-likeness (QED) is 0.187. The molecule has 0 spiro atoms. The highest BCUT2D eigenvalue weighted by Crippen LogP contribution is 2.28. The summed E-state index contributed by atoms with van der Waals surface area (Å²) in [6, 6.07) is 16.8. The van der Waals surface area contributed by atoms with Crippen LogP contribution in [0.15, 0.2) is 81.7 Å². The van der Waals surface area contributed by atoms with Gasteiger partial charge in [0.15, 0.2) is 11.0 Å². The van der Waals surface area contributed by atoms with Crippen LogP contribution < -0.4 is 14.9 Å². The van der Waals surface area contributed by atoms with Gasteiger partial charge in [0, 0.05) is 39.7 Å². The molecule has 0 aliphatic carbocycles. The van der Waals surface area contributed by atoms with Crippen molar-refractivity contribution in [1.29, 1.82) is 0 Å². The van der Waals surface area contributed by atoms with Gasteiger partial charge in [-0.1, -0.05) is 27.7 Å². The Labute approximate surface area is 214 Å². The first-order valence-electron chi connectivity index (χ1n) is 10.4. The van der Waals surface area contributed by atoms with Crippen LogP contribution in [-0.4, -0.2) is 51.8 Å². The van der Waals surface area contributed by atoms with Gasteiger partial charge in [-0.3, -0.25) is 14.3 Å². The van der Waals surface area contributed by atoms with Crippen molar-refractivity contribution < 1.29 is 14.3 Å². The molecule has 0 aliphatic rings. The minimum Gasteiger partial charge on any atom is -0.497 e. The van der Waals surface area contributed by atoms with Gasteiger partial charge >= 0.3 is 0 Å². The standard InChI is InChI=1S/C24H21BrN6O3S/c1-33-20-8-3-17(21(13-20)34-2)14-27-28-22(32)15-35-24-30-29-23(16-9-11-26-12-10-16)31(24)19-6-4-18(25)5-7-19/h3-14H,15H2,1-2H3,(H,28,32)/b27-14+. The number of hydrogen-bond donors (Lipinski definition) is 1. The first kappa shape index (κ1) is 24.4. The van der Waals surface area contributed by atoms with E-state index in [1.165, 1.54) is 18.0 Å². The summed E-state index contributed by atoms with van der Waals surface area (Å²) in [5, 5.41) is 13.3. The maximum Gasteiger partial charge on any atom is 0.250 e. The lowest BCUT2D eigenvalue weighted by Gasteiger charge is -2.10. The fraction of sp³-hybridized carbons (Fsp3) is 0.125. The third kappa shape index (κ3) is 6.06. The Morgan fingerprint density at radius 2 is 1.86 bits per heavy atom. The molecule has 4 rings (SSSR count). The van der Waals surface area contributed by atoms with Gasteiger partial charge in [-0.05, 0) is 48.5 Å². The Hall–Kier alpha value is -3.70. The molecule has 4 aromatic rings. The second kappa shape index (κ2) is 11.6. The van der Waals surface area contributed by atoms with E-state index < -0.39 is 0 Å². The number of aromatic nitrogens is 4. The summed E-state index contributed by atoms with van der Waals surface area (Å²) in [5.74, 6) is 1.72. The van der Waals surface area contributed by atoms with Gasteiger partial charge in [0.1, 0.15) is 11.5 Å². The molecule has 1 N–H and O–H groups in total. The lowest BCUT2D eigenvalue weighted by Crippen LogP contribution is -2.20. The smallest absolute Gasteiger partial charge is 0.250 e. The van der Waals surface area contributed by atoms with E-state index in [9.17, 15) is 4.79 Å². The molecule has 0 atom stereocenters. The van der Waals surface area contributed by atoms with Crippen molar-refractivity contribution in [3.05, 3.63) is 77.0 Å². The van der Waals surface area contributed by atoms with E-state index >= 15 is 0 Å². The van der Waals surface area contributed by atoms with Gasteiger partial charge in [0.05, 0.1) is 26.2 Å². The predicted octanol–water partition coefficient (Wildman–Crippen LogP) is 4.35. The number of pyridine rings is 1. The Kier molecular flexibility index (Phi) is 8.11. The Balaban J connectivity index is 1.48. The second-order valence-electron chi connectivity index (χ2n) is 7.04. The largest absolute Gasteiger partial charge is 0.497 e. The monoisotopic (exact) mass is 552 g/mol. The van der Waals surface area contributed by atoms with Crippen molar-refractivity contribution in [2.45, 2.75) is 5.16 Å². The zero-order chi connectivity index (χ0) is 24.6. The number of rotatable bonds is 9. The van der Waals surface area contributed by atoms with Crippen LogP contribution in [-0.2, 0) is 4.79 Å². The number of hydrogen-bond acceptors (Lipinski definition) is 8. The minimum absolute atomic E-state index is 0.0993. The van der Waals surface area contributed by atoms with E-state index in [2.05, 4.69) is 41.6 Å². The molecular formula is C24H21BrN6O3S. The summed E-state index contributed by atoms with van der Waals surface area (Å²) in [5.41, 5.74) is 4.98. The van der Waals surface area contributed by atoms with E-state index in [0.717, 1.165) is 15.7 Å². The normalized spacial score (nSPS) is 10.9. The third-order valence-electron chi connectivity index (χ3n) is 4.82. The van der Waals surface area contributed by atoms with Gasteiger partial charge < -0.3 is 9.47 Å². The van der Waals surface area contributed by atoms with Crippen molar-refractivity contribution in [3.63, 3.8) is 0 Å². The summed E-state index contributed by atoms with van der Waals surface area (Å²) in [6.45, 7) is 0. The molecule has 0 unspecified atom stereocenters. The van der Waals surface area contributed by atoms with Crippen molar-refractivity contribution in [2.24, 2.45) is 5.10 Å². The third-order valence-corrected chi connectivity index (χ3v) is 6.28. The number of hydrazone groups is 1. The number of carbonyl (C=O) groups excluding carboxylic acids is 1. The second-order valence-corrected chi connectivity index (χ2v) is 8.90. The van der Waals surface area contributed by atoms with E-state index in [0.29, 0.717) is 28.0 Å². The molecule has 0 radical (unpaired) electrons. The van der Waals surface area contributed by atoms with Gasteiger partial charge in [-0.25, -0.2) is 5.43 Å². The molecule has 1 amide bonds. The number of ether oxygens (including phenoxy) is 2. The Bertz CT molecular complexity index is 1330. The first-order chi connectivity index (χ1) is 17.1. The number of benzene rings is 2. The molecule has 0 saturated carbocycles. The number of amides is 1. The van der Waals surface area contributed by atoms with Crippen LogP contribution in [0.2, 0.25) is 0 Å². The minimum atomic E-state index is -0.283. The van der Waals surface area contributed by atoms with Crippen LogP contribution in [0.4, 0.5) is 0 Å². The topological polar surface area (TPSA) is 104 Å². The summed E-state index contributed by atoms with van der Waals surface area (Å²) < 4.78 is 13.4. The SMILES string of the molecule is COc1ccc(/C=N/NC(=O)CSc2nnc(-c3ccncc3)n2-c2ccc(Br)cc2)c(OC)c1. The number of thioether (sulfide) groups is 1. The molecule has 178 valence electrons. The summed E-state index contributed by atoms with van der Waals surface area (Å²) >= 11 is 4.73. The van der Waals surface area contributed by atoms with Gasteiger partial charge in [0.25, 0.3) is 5.91 Å². The van der Waals surface area contributed by atoms with E-state index in [1.54, 1.807) is 44.8 Å². The molecule has 9 nitrogen and oxygen atoms in total. The van der Waals surface area contributed by atoms with Crippen molar-refractivity contribution in [3.8, 4) is 28.6 Å². The highest BCUT2D eigenvalue weighted by atomic mass is 79.9. The average molecular weight is 553 g/mol. The number of carbonyl (C=O) groups is 1. The maximum atomic E-state index is 12.5. The van der Waals surface area contributed by atoms with Crippen LogP contribution >= 0.6 is 27.7 Å². The van der Waals surface area contributed by atoms with Crippen LogP contribution in [0.5, 0.6) is 11.5 Å². The lowest BCUT2D eigenvalue weighted by atomic mass is 10.2. The average Bonchev–Trinajstić information content (AvgIpc) is 3.32. The van der Waals surface area contributed by atoms with Crippen LogP contribution in [0.3, 0.4) is 0 Å². The van der Waals surface area contributed by atoms with Crippen molar-refractivity contribution in [1.82, 2.24) is 25.2 Å². The van der Waals surface area contributed by atoms with Crippen molar-refractivity contribution in [2.75, 3.05) is 20.0 Å². The zero-order valence-corrected chi connectivity index (χ0v) is 21.3. The number of nitrogens with zero attached hydrogens (tertiary/aromatic N) is 5. The Morgan fingerprint density at radius 1 is 1.09 bits per heavy atom. The Morgan fingerprint density at radius 3 is 2.57 bits per heavy atom. The van der Waals surface area contributed by atoms with Crippen molar-refractivity contribution >= 4 is 39.8 Å². The summed E-state index contributed by atoms with van der Waals surface area (Å²) in [7, 11) is 3.14. The van der Waals surface area contributed by atoms with Gasteiger partial charge in [-0.2, -0.15) is 5.10 Å². The van der Waals surface area contributed by atoms with Crippen LogP contribution in [0.1, 0.15) is 5.56 Å². The van der Waals surface area contributed by atoms with Crippen LogP contribution in [0.25, 0.3) is 17.1 Å². The number of methoxy groups -OCH3 is 2. The first-order valence-corrected chi connectivity index (χ1v) is 12.2. The van der Waals surface area contributed by atoms with E-state index in [1.807, 2.05) is 41.0 Å². The molecular weight excluding hydrogens is 532 g/mol. The van der Waals surface area contributed by atoms with E-state index in [4.69, 9.17) is 9.47 Å². The summed E-state index contributed by atoms with van der Waals surface area (Å²) in [6.07, 6.45) is 4.92. The lowest BCUT2D eigenvalue weighted by molar-refractivity contribution is -0.118. The predicted molar refractivity (Wildman–Crippen MR) is 138 cm³/mol. The molecule has 2 aromatic carbocycles. The van der Waals surface area contributed by atoms with Gasteiger partial charge in [-0.15, -0.1) is 10.2 Å². The molecule has 2 heterocycles. The molecule has 2 aromatic heterocycles. The molecule has 0 bridgehead atoms. The highest BCUT2D eigenvalue weighted by molar-refractivity contribution is 9.10. The highest BCUT2D eigenvalue weighted by Gasteiger charge is 2.17. The maximum absolute atomic E-state index is 12.5. The fourth-order valence-electron chi connectivity index (χ4n) is 3.14. The fourth-order valence-corrected chi connectivity index (χ4v) is 4.14. The molecule has 0 fully saturated rings. The molecule has 0 aliphatic heterocycles. The van der Waals surface area contributed by atoms with Gasteiger partial charge in [0.2, 0.25) is 0 Å². The zero-order valence-electron chi connectivity index (χ0n) is 18.9. The molecule has 0 saturated heterocycles. The molecule has 35 heavy (non-hydrogen) atoms. The van der Waals surface area contributed by atoms with Crippen LogP contribution in [0, 0.1) is 0 Å². The van der Waals surface area contributed by atoms with E-state index in [-0.39, 0.29) is 11.7 Å². The molecule has 11 heteroatoms.